The van der Waals surface area contributed by atoms with Crippen molar-refractivity contribution in [3.8, 4) is 0 Å². The predicted octanol–water partition coefficient (Wildman–Crippen LogP) is 0.414. The number of aliphatic hydroxyl groups excluding tert-OH is 1. The van der Waals surface area contributed by atoms with Gasteiger partial charge in [0.05, 0.1) is 13.2 Å². The maximum absolute atomic E-state index is 13.3. The summed E-state index contributed by atoms with van der Waals surface area (Å²) in [6.45, 7) is 1.35. The summed E-state index contributed by atoms with van der Waals surface area (Å²) in [7, 11) is 0.606. The van der Waals surface area contributed by atoms with Gasteiger partial charge >= 0.3 is 128 Å². The molecule has 2 aromatic rings. The number of carbonyl (C=O) groups excluding carboxylic acids is 4. The summed E-state index contributed by atoms with van der Waals surface area (Å²) in [4.78, 5) is 58.4. The molecule has 0 bridgehead atoms. The number of anilines is 2. The van der Waals surface area contributed by atoms with Gasteiger partial charge in [-0.15, -0.1) is 0 Å². The van der Waals surface area contributed by atoms with E-state index >= 15 is 0 Å². The van der Waals surface area contributed by atoms with E-state index in [1.54, 1.807) is 47.4 Å². The zero-order valence-electron chi connectivity index (χ0n) is 22.1. The van der Waals surface area contributed by atoms with Crippen LogP contribution in [0.3, 0.4) is 0 Å². The molecule has 0 aliphatic carbocycles. The van der Waals surface area contributed by atoms with Crippen molar-refractivity contribution >= 4 is 48.2 Å². The van der Waals surface area contributed by atoms with E-state index in [1.165, 1.54) is 4.90 Å². The summed E-state index contributed by atoms with van der Waals surface area (Å²) in [5, 5.41) is 20.3. The van der Waals surface area contributed by atoms with Gasteiger partial charge in [0.15, 0.2) is 12.2 Å². The molecule has 212 valence electrons. The first-order valence-electron chi connectivity index (χ1n) is 13.2. The second kappa shape index (κ2) is 12.0. The van der Waals surface area contributed by atoms with Crippen molar-refractivity contribution in [3.05, 3.63) is 59.2 Å². The average Bonchev–Trinajstić information content (AvgIpc) is 3.36. The summed E-state index contributed by atoms with van der Waals surface area (Å²) in [5.74, 6) is -2.07. The number of hydrogen-bond acceptors (Lipinski definition) is 10. The van der Waals surface area contributed by atoms with Crippen molar-refractivity contribution in [2.45, 2.75) is 31.6 Å². The Labute approximate surface area is 236 Å². The molecule has 0 saturated carbocycles. The number of rotatable bonds is 7. The molecule has 0 spiro atoms. The first-order chi connectivity index (χ1) is 19.8. The predicted molar refractivity (Wildman–Crippen MR) is 147 cm³/mol. The van der Waals surface area contributed by atoms with Gasteiger partial charge in [0.2, 0.25) is 0 Å². The summed E-state index contributed by atoms with van der Waals surface area (Å²) in [6, 6.07) is 11.6. The van der Waals surface area contributed by atoms with Gasteiger partial charge in [-0.05, 0) is 23.8 Å². The van der Waals surface area contributed by atoms with E-state index in [0.29, 0.717) is 62.5 Å². The average molecular weight is 560 g/mol. The molecule has 13 nitrogen and oxygen atoms in total. The number of likely N-dealkylation sites (tertiary alicyclic amines) is 1. The zero-order chi connectivity index (χ0) is 29.1. The third-order valence-corrected chi connectivity index (χ3v) is 7.44. The number of nitrogens with two attached hydrogens (primary N) is 1. The number of benzene rings is 2. The second-order valence-electron chi connectivity index (χ2n) is 9.96. The fourth-order valence-corrected chi connectivity index (χ4v) is 5.21. The standard InChI is InChI=1S/C27H29BN6O7/c29-23-20-5-4-18(12-17(20)14-31-23)32-24(36)21(35)22-26(38)34(10-11-40-22)19-3-1-2-16(13-19)25(37)33-8-6-15(7-9-33)27(39)41-28-30/h1-5,12-13,15,21-22,30,35H,6-11,14H2,(H2,29,31)(H,32,36)/t21-,22-/m1/s1. The number of amides is 3. The number of aliphatic hydroxyl groups is 1. The van der Waals surface area contributed by atoms with E-state index in [2.05, 4.69) is 15.0 Å². The SMILES string of the molecule is N=BOC(=O)C1CCN(C(=O)c2cccc(N3CCO[C@H]([C@@H](O)C(=O)Nc4ccc5c(c4)CN=C5N)C3=O)c2)CC1. The monoisotopic (exact) mass is 560 g/mol. The third kappa shape index (κ3) is 5.88. The van der Waals surface area contributed by atoms with Crippen molar-refractivity contribution in [2.75, 3.05) is 36.5 Å². The molecular weight excluding hydrogens is 531 g/mol. The van der Waals surface area contributed by atoms with Gasteiger partial charge < -0.3 is 20.9 Å². The van der Waals surface area contributed by atoms with Crippen molar-refractivity contribution in [2.24, 2.45) is 16.6 Å². The van der Waals surface area contributed by atoms with Crippen LogP contribution in [0.25, 0.3) is 0 Å². The molecule has 2 atom stereocenters. The van der Waals surface area contributed by atoms with Crippen molar-refractivity contribution in [1.29, 1.82) is 5.31 Å². The molecule has 0 radical (unpaired) electrons. The van der Waals surface area contributed by atoms with Gasteiger partial charge in [0.1, 0.15) is 5.84 Å². The summed E-state index contributed by atoms with van der Waals surface area (Å²) >= 11 is 0. The Bertz CT molecular complexity index is 1420. The van der Waals surface area contributed by atoms with Crippen molar-refractivity contribution < 1.29 is 33.7 Å². The molecule has 3 heterocycles. The number of carbonyl (C=O) groups is 4. The second-order valence-corrected chi connectivity index (χ2v) is 9.96. The summed E-state index contributed by atoms with van der Waals surface area (Å²) in [5.41, 5.74) is 8.68. The first-order valence-corrected chi connectivity index (χ1v) is 13.2. The zero-order valence-corrected chi connectivity index (χ0v) is 22.1. The molecular formula is C27H29BN6O7. The van der Waals surface area contributed by atoms with Crippen LogP contribution in [0.2, 0.25) is 0 Å². The Morgan fingerprint density at radius 2 is 1.95 bits per heavy atom. The summed E-state index contributed by atoms with van der Waals surface area (Å²) in [6.07, 6.45) is -2.36. The van der Waals surface area contributed by atoms with Gasteiger partial charge in [-0.2, -0.15) is 0 Å². The fraction of sp³-hybridized carbons (Fsp3) is 0.370. The molecule has 3 aliphatic heterocycles. The Morgan fingerprint density at radius 3 is 2.71 bits per heavy atom. The van der Waals surface area contributed by atoms with E-state index in [9.17, 15) is 24.3 Å². The Hall–Kier alpha value is -4.43. The first kappa shape index (κ1) is 28.1. The third-order valence-electron chi connectivity index (χ3n) is 7.44. The molecule has 14 heteroatoms. The quantitative estimate of drug-likeness (QED) is 0.351. The number of nitrogens with one attached hydrogen (secondary N) is 2. The molecule has 41 heavy (non-hydrogen) atoms. The van der Waals surface area contributed by atoms with Crippen LogP contribution in [0.4, 0.5) is 11.4 Å². The van der Waals surface area contributed by atoms with E-state index in [1.807, 2.05) is 0 Å². The molecule has 0 aromatic heterocycles. The van der Waals surface area contributed by atoms with Gasteiger partial charge in [0, 0.05) is 11.3 Å². The minimum atomic E-state index is -1.77. The van der Waals surface area contributed by atoms with Crippen LogP contribution >= 0.6 is 0 Å². The topological polar surface area (TPSA) is 188 Å². The van der Waals surface area contributed by atoms with Crippen LogP contribution in [-0.2, 0) is 30.3 Å². The molecule has 0 unspecified atom stereocenters. The molecule has 2 saturated heterocycles. The molecule has 2 aromatic carbocycles. The van der Waals surface area contributed by atoms with Crippen LogP contribution in [0.15, 0.2) is 47.5 Å². The maximum atomic E-state index is 13.3. The number of fused-ring (bicyclic) bond motifs is 1. The van der Waals surface area contributed by atoms with Crippen LogP contribution in [0, 0.1) is 11.2 Å². The molecule has 5 rings (SSSR count). The van der Waals surface area contributed by atoms with Gasteiger partial charge in [-0.25, -0.2) is 0 Å². The van der Waals surface area contributed by atoms with Crippen molar-refractivity contribution in [1.82, 2.24) is 4.90 Å². The van der Waals surface area contributed by atoms with Gasteiger partial charge in [-0.3, -0.25) is 14.6 Å². The minimum absolute atomic E-state index is 0.0771. The Balaban J connectivity index is 1.22. The molecule has 3 aliphatic rings. The van der Waals surface area contributed by atoms with Crippen LogP contribution in [0.1, 0.15) is 34.3 Å². The number of piperidine rings is 1. The fourth-order valence-electron chi connectivity index (χ4n) is 5.21. The number of amidine groups is 1. The molecule has 5 N–H and O–H groups in total. The van der Waals surface area contributed by atoms with E-state index < -0.39 is 30.0 Å². The van der Waals surface area contributed by atoms with E-state index in [4.69, 9.17) is 15.8 Å². The van der Waals surface area contributed by atoms with Crippen LogP contribution < -0.4 is 16.0 Å². The van der Waals surface area contributed by atoms with E-state index in [0.717, 1.165) is 11.1 Å². The normalized spacial score (nSPS) is 19.6. The number of nitrogens with zero attached hydrogens (tertiary/aromatic N) is 3. The van der Waals surface area contributed by atoms with Gasteiger partial charge in [0.25, 0.3) is 5.91 Å². The summed E-state index contributed by atoms with van der Waals surface area (Å²) < 4.78 is 10.2. The van der Waals surface area contributed by atoms with Crippen molar-refractivity contribution in [3.63, 3.8) is 0 Å². The Kier molecular flexibility index (Phi) is 8.22. The molecule has 3 amide bonds. The van der Waals surface area contributed by atoms with Crippen LogP contribution in [-0.4, -0.2) is 85.3 Å². The number of morpholine rings is 1. The number of aliphatic imine (C=N–C) groups is 1. The number of hydrogen-bond donors (Lipinski definition) is 4. The van der Waals surface area contributed by atoms with Crippen LogP contribution in [0.5, 0.6) is 0 Å². The number of ether oxygens (including phenoxy) is 1. The van der Waals surface area contributed by atoms with Gasteiger partial charge in [-0.1, -0.05) is 0 Å². The van der Waals surface area contributed by atoms with E-state index in [-0.39, 0.29) is 25.0 Å². The molecule has 2 fully saturated rings. The Morgan fingerprint density at radius 1 is 1.17 bits per heavy atom.